The molecular weight excluding hydrogens is 615 g/mol. The van der Waals surface area contributed by atoms with E-state index in [0.717, 1.165) is 50.2 Å². The molecule has 0 atom stereocenters. The normalized spacial score (nSPS) is 15.0. The van der Waals surface area contributed by atoms with Crippen LogP contribution in [-0.4, -0.2) is 66.6 Å². The number of anilines is 1. The molecule has 0 fully saturated rings. The van der Waals surface area contributed by atoms with Crippen LogP contribution >= 0.6 is 11.6 Å². The highest BCUT2D eigenvalue weighted by Gasteiger charge is 2.38. The maximum absolute atomic E-state index is 14.6. The molecule has 16 heteroatoms. The summed E-state index contributed by atoms with van der Waals surface area (Å²) in [6.45, 7) is 3.35. The third-order valence-electron chi connectivity index (χ3n) is 5.78. The molecule has 5 N–H and O–H groups in total. The average Bonchev–Trinajstić information content (AvgIpc) is 2.94. The fraction of sp³-hybridized carbons (Fsp3) is 0.296. The first kappa shape index (κ1) is 35.2. The van der Waals surface area contributed by atoms with E-state index < -0.39 is 24.3 Å². The molecule has 2 aliphatic rings. The first-order chi connectivity index (χ1) is 20.0. The van der Waals surface area contributed by atoms with Gasteiger partial charge in [0.15, 0.2) is 0 Å². The number of carboxylic acid groups (broad SMARTS) is 2. The number of alkyl halides is 6. The maximum Gasteiger partial charge on any atom is 0.490 e. The molecule has 1 amide bonds. The van der Waals surface area contributed by atoms with E-state index in [9.17, 15) is 35.5 Å². The molecule has 43 heavy (non-hydrogen) atoms. The van der Waals surface area contributed by atoms with Crippen molar-refractivity contribution in [1.82, 2.24) is 10.6 Å². The fourth-order valence-electron chi connectivity index (χ4n) is 3.68. The lowest BCUT2D eigenvalue weighted by Crippen LogP contribution is -2.21. The second kappa shape index (κ2) is 15.5. The lowest BCUT2D eigenvalue weighted by molar-refractivity contribution is -0.193. The largest absolute Gasteiger partial charge is 0.490 e. The van der Waals surface area contributed by atoms with Crippen LogP contribution in [0, 0.1) is 5.82 Å². The van der Waals surface area contributed by atoms with Gasteiger partial charge in [-0.05, 0) is 66.9 Å². The molecule has 2 heterocycles. The number of hydrogen-bond donors (Lipinski definition) is 5. The van der Waals surface area contributed by atoms with Crippen LogP contribution in [0.3, 0.4) is 0 Å². The van der Waals surface area contributed by atoms with Gasteiger partial charge < -0.3 is 26.2 Å². The van der Waals surface area contributed by atoms with Gasteiger partial charge in [-0.3, -0.25) is 4.79 Å². The highest BCUT2D eigenvalue weighted by Crippen LogP contribution is 2.29. The van der Waals surface area contributed by atoms with E-state index in [4.69, 9.17) is 31.4 Å². The van der Waals surface area contributed by atoms with Crippen LogP contribution in [0.2, 0.25) is 5.02 Å². The van der Waals surface area contributed by atoms with Crippen LogP contribution in [0.4, 0.5) is 36.4 Å². The summed E-state index contributed by atoms with van der Waals surface area (Å²) < 4.78 is 78.1. The van der Waals surface area contributed by atoms with E-state index in [2.05, 4.69) is 22.0 Å². The predicted octanol–water partition coefficient (Wildman–Crippen LogP) is 5.75. The van der Waals surface area contributed by atoms with Gasteiger partial charge in [-0.2, -0.15) is 26.3 Å². The first-order valence-electron chi connectivity index (χ1n) is 12.3. The number of amides is 1. The van der Waals surface area contributed by atoms with E-state index in [0.29, 0.717) is 16.3 Å². The van der Waals surface area contributed by atoms with Gasteiger partial charge in [0.2, 0.25) is 0 Å². The van der Waals surface area contributed by atoms with Crippen molar-refractivity contribution in [1.29, 1.82) is 0 Å². The topological polar surface area (TPSA) is 128 Å². The van der Waals surface area contributed by atoms with Gasteiger partial charge in [0.25, 0.3) is 5.91 Å². The molecule has 2 aliphatic heterocycles. The van der Waals surface area contributed by atoms with E-state index in [1.165, 1.54) is 11.6 Å². The van der Waals surface area contributed by atoms with Gasteiger partial charge in [0.05, 0.1) is 10.7 Å². The van der Waals surface area contributed by atoms with Crippen molar-refractivity contribution in [2.24, 2.45) is 0 Å². The van der Waals surface area contributed by atoms with E-state index >= 15 is 0 Å². The van der Waals surface area contributed by atoms with Crippen molar-refractivity contribution in [3.05, 3.63) is 76.1 Å². The molecule has 0 aromatic heterocycles. The third-order valence-corrected chi connectivity index (χ3v) is 6.09. The minimum absolute atomic E-state index is 0.266. The van der Waals surface area contributed by atoms with E-state index in [1.807, 2.05) is 18.2 Å². The van der Waals surface area contributed by atoms with Gasteiger partial charge >= 0.3 is 24.3 Å². The SMILES string of the molecule is O=C(Nc1ccc(C2=CCNCC2)cc1Cl)c1ccc(C2=CCNCC2)c(F)c1.O=C(O)C(F)(F)F.O=C(O)C(F)(F)F. The summed E-state index contributed by atoms with van der Waals surface area (Å²) in [7, 11) is 0. The van der Waals surface area contributed by atoms with Gasteiger partial charge in [-0.1, -0.05) is 35.9 Å². The smallest absolute Gasteiger partial charge is 0.475 e. The number of hydrogen-bond acceptors (Lipinski definition) is 5. The maximum atomic E-state index is 14.6. The summed E-state index contributed by atoms with van der Waals surface area (Å²) in [5, 5.41) is 24.0. The number of carbonyl (C=O) groups excluding carboxylic acids is 1. The summed E-state index contributed by atoms with van der Waals surface area (Å²) in [6.07, 6.45) is -4.31. The van der Waals surface area contributed by atoms with Gasteiger partial charge in [0, 0.05) is 24.2 Å². The summed E-state index contributed by atoms with van der Waals surface area (Å²) in [6, 6.07) is 10.2. The highest BCUT2D eigenvalue weighted by molar-refractivity contribution is 6.34. The van der Waals surface area contributed by atoms with Crippen molar-refractivity contribution in [2.75, 3.05) is 31.5 Å². The Morgan fingerprint density at radius 2 is 1.30 bits per heavy atom. The molecule has 2 aromatic carbocycles. The molecule has 0 aliphatic carbocycles. The van der Waals surface area contributed by atoms with Crippen molar-refractivity contribution in [3.8, 4) is 0 Å². The van der Waals surface area contributed by atoms with E-state index in [-0.39, 0.29) is 17.3 Å². The molecule has 0 unspecified atom stereocenters. The van der Waals surface area contributed by atoms with Crippen LogP contribution in [0.1, 0.15) is 34.3 Å². The monoisotopic (exact) mass is 639 g/mol. The highest BCUT2D eigenvalue weighted by atomic mass is 35.5. The predicted molar refractivity (Wildman–Crippen MR) is 144 cm³/mol. The molecule has 4 rings (SSSR count). The summed E-state index contributed by atoms with van der Waals surface area (Å²) >= 11 is 6.39. The standard InChI is InChI=1S/C23H23ClFN3O.2C2HF3O2/c24-20-13-17(15-5-9-26-10-6-15)2-4-22(20)28-23(29)18-1-3-19(21(25)14-18)16-7-11-27-12-8-16;2*3-2(4,5)1(6)7/h1-5,7,13-14,26-27H,6,8-12H2,(H,28,29);2*(H,6,7). The Morgan fingerprint density at radius 1 is 0.791 bits per heavy atom. The number of nitrogens with one attached hydrogen (secondary N) is 3. The number of carbonyl (C=O) groups is 3. The molecule has 0 radical (unpaired) electrons. The second-order valence-corrected chi connectivity index (χ2v) is 9.22. The quantitative estimate of drug-likeness (QED) is 0.270. The third kappa shape index (κ3) is 11.3. The number of halogens is 8. The number of benzene rings is 2. The molecule has 0 spiro atoms. The Labute approximate surface area is 245 Å². The fourth-order valence-corrected chi connectivity index (χ4v) is 3.91. The Morgan fingerprint density at radius 3 is 1.72 bits per heavy atom. The van der Waals surface area contributed by atoms with Crippen LogP contribution in [0.5, 0.6) is 0 Å². The van der Waals surface area contributed by atoms with Gasteiger partial charge in [-0.15, -0.1) is 0 Å². The molecule has 0 saturated carbocycles. The Bertz CT molecular complexity index is 1370. The zero-order chi connectivity index (χ0) is 32.4. The van der Waals surface area contributed by atoms with Gasteiger partial charge in [0.1, 0.15) is 5.82 Å². The molecule has 0 bridgehead atoms. The van der Waals surface area contributed by atoms with Crippen molar-refractivity contribution in [3.63, 3.8) is 0 Å². The average molecular weight is 640 g/mol. The summed E-state index contributed by atoms with van der Waals surface area (Å²) in [5.74, 6) is -6.28. The van der Waals surface area contributed by atoms with Crippen molar-refractivity contribution < 1.29 is 55.3 Å². The number of aliphatic carboxylic acids is 2. The van der Waals surface area contributed by atoms with Crippen LogP contribution in [0.25, 0.3) is 11.1 Å². The molecule has 2 aromatic rings. The Hall–Kier alpha value is -3.95. The lowest BCUT2D eigenvalue weighted by atomic mass is 9.98. The molecule has 234 valence electrons. The van der Waals surface area contributed by atoms with Gasteiger partial charge in [-0.25, -0.2) is 14.0 Å². The lowest BCUT2D eigenvalue weighted by Gasteiger charge is -2.16. The Balaban J connectivity index is 0.000000384. The Kier molecular flexibility index (Phi) is 12.7. The van der Waals surface area contributed by atoms with Crippen LogP contribution < -0.4 is 16.0 Å². The first-order valence-corrected chi connectivity index (χ1v) is 12.7. The van der Waals surface area contributed by atoms with E-state index in [1.54, 1.807) is 18.2 Å². The summed E-state index contributed by atoms with van der Waals surface area (Å²) in [4.78, 5) is 30.4. The number of carboxylic acids is 2. The van der Waals surface area contributed by atoms with Crippen LogP contribution in [0.15, 0.2) is 48.6 Å². The zero-order valence-electron chi connectivity index (χ0n) is 22.0. The van der Waals surface area contributed by atoms with Crippen molar-refractivity contribution in [2.45, 2.75) is 25.2 Å². The second-order valence-electron chi connectivity index (χ2n) is 8.82. The van der Waals surface area contributed by atoms with Crippen LogP contribution in [-0.2, 0) is 9.59 Å². The van der Waals surface area contributed by atoms with Crippen molar-refractivity contribution >= 4 is 46.3 Å². The minimum atomic E-state index is -5.08. The number of rotatable bonds is 4. The zero-order valence-corrected chi connectivity index (χ0v) is 22.8. The molecule has 8 nitrogen and oxygen atoms in total. The molecular formula is C27H25ClF7N3O5. The molecule has 0 saturated heterocycles. The minimum Gasteiger partial charge on any atom is -0.475 e. The summed E-state index contributed by atoms with van der Waals surface area (Å²) in [5.41, 5.74) is 4.61.